The van der Waals surface area contributed by atoms with E-state index in [1.165, 1.54) is 12.1 Å². The predicted octanol–water partition coefficient (Wildman–Crippen LogP) is 3.77. The van der Waals surface area contributed by atoms with Gasteiger partial charge in [-0.15, -0.1) is 24.0 Å². The summed E-state index contributed by atoms with van der Waals surface area (Å²) in [7, 11) is 1.67. The molecule has 0 unspecified atom stereocenters. The summed E-state index contributed by atoms with van der Waals surface area (Å²) < 4.78 is 45.0. The van der Waals surface area contributed by atoms with Crippen LogP contribution in [0.4, 0.5) is 13.2 Å². The number of aryl methyl sites for hydroxylation is 3. The molecule has 29 heavy (non-hydrogen) atoms. The third-order valence-electron chi connectivity index (χ3n) is 4.01. The Morgan fingerprint density at radius 3 is 2.34 bits per heavy atom. The monoisotopic (exact) mass is 525 g/mol. The Kier molecular flexibility index (Phi) is 10.3. The molecule has 0 amide bonds. The number of ether oxygens (including phenoxy) is 1. The van der Waals surface area contributed by atoms with Crippen molar-refractivity contribution in [3.63, 3.8) is 0 Å². The summed E-state index contributed by atoms with van der Waals surface area (Å²) in [4.78, 5) is 4.13. The second-order valence-corrected chi connectivity index (χ2v) is 6.30. The molecule has 0 saturated carbocycles. The number of rotatable bonds is 8. The molecule has 0 aliphatic heterocycles. The van der Waals surface area contributed by atoms with E-state index in [0.29, 0.717) is 24.9 Å². The standard InChI is InChI=1S/C19H26F3N5O.HI/c1-14-13-15(2)27(26-14)11-4-9-24-18(23-3)25-10-12-28-17-7-5-16(6-8-17)19(20,21)22;/h5-8,13H,4,9-12H2,1-3H3,(H2,23,24,25);1H. The Morgan fingerprint density at radius 2 is 1.79 bits per heavy atom. The quantitative estimate of drug-likeness (QED) is 0.239. The van der Waals surface area contributed by atoms with Gasteiger partial charge in [0.15, 0.2) is 5.96 Å². The Labute approximate surface area is 185 Å². The average molecular weight is 525 g/mol. The van der Waals surface area contributed by atoms with Crippen LogP contribution in [0.15, 0.2) is 35.3 Å². The van der Waals surface area contributed by atoms with Gasteiger partial charge in [-0.3, -0.25) is 9.67 Å². The van der Waals surface area contributed by atoms with Crippen molar-refractivity contribution in [2.45, 2.75) is 33.0 Å². The molecule has 1 heterocycles. The van der Waals surface area contributed by atoms with Gasteiger partial charge in [0.25, 0.3) is 0 Å². The van der Waals surface area contributed by atoms with E-state index in [4.69, 9.17) is 4.74 Å². The van der Waals surface area contributed by atoms with Gasteiger partial charge in [0, 0.05) is 25.8 Å². The third kappa shape index (κ3) is 8.50. The van der Waals surface area contributed by atoms with Gasteiger partial charge in [-0.1, -0.05) is 0 Å². The Hall–Kier alpha value is -1.98. The zero-order valence-corrected chi connectivity index (χ0v) is 19.0. The van der Waals surface area contributed by atoms with Crippen molar-refractivity contribution in [3.05, 3.63) is 47.3 Å². The van der Waals surface area contributed by atoms with E-state index in [1.807, 2.05) is 24.6 Å². The summed E-state index contributed by atoms with van der Waals surface area (Å²) in [6.45, 7) is 6.33. The second-order valence-electron chi connectivity index (χ2n) is 6.30. The predicted molar refractivity (Wildman–Crippen MR) is 118 cm³/mol. The van der Waals surface area contributed by atoms with Crippen LogP contribution in [0.3, 0.4) is 0 Å². The summed E-state index contributed by atoms with van der Waals surface area (Å²) in [6, 6.07) is 6.69. The first-order chi connectivity index (χ1) is 13.3. The number of aromatic nitrogens is 2. The maximum atomic E-state index is 12.5. The lowest BCUT2D eigenvalue weighted by Crippen LogP contribution is -2.39. The largest absolute Gasteiger partial charge is 0.492 e. The topological polar surface area (TPSA) is 63.5 Å². The van der Waals surface area contributed by atoms with E-state index in [1.54, 1.807) is 7.05 Å². The molecule has 0 aliphatic carbocycles. The van der Waals surface area contributed by atoms with Gasteiger partial charge in [0.1, 0.15) is 12.4 Å². The normalized spacial score (nSPS) is 11.7. The summed E-state index contributed by atoms with van der Waals surface area (Å²) in [5.74, 6) is 1.03. The summed E-state index contributed by atoms with van der Waals surface area (Å²) in [5, 5.41) is 10.7. The van der Waals surface area contributed by atoms with E-state index < -0.39 is 11.7 Å². The molecule has 10 heteroatoms. The lowest BCUT2D eigenvalue weighted by atomic mass is 10.2. The molecule has 1 aromatic carbocycles. The lowest BCUT2D eigenvalue weighted by molar-refractivity contribution is -0.137. The molecule has 0 atom stereocenters. The molecule has 0 spiro atoms. The number of nitrogens with one attached hydrogen (secondary N) is 2. The number of guanidine groups is 1. The van der Waals surface area contributed by atoms with E-state index in [0.717, 1.165) is 43.0 Å². The van der Waals surface area contributed by atoms with Gasteiger partial charge < -0.3 is 15.4 Å². The maximum Gasteiger partial charge on any atom is 0.416 e. The number of aliphatic imine (C=N–C) groups is 1. The van der Waals surface area contributed by atoms with Crippen LogP contribution in [0, 0.1) is 13.8 Å². The molecule has 2 rings (SSSR count). The van der Waals surface area contributed by atoms with Crippen molar-refractivity contribution in [1.29, 1.82) is 0 Å². The Bertz CT molecular complexity index is 775. The number of hydrogen-bond donors (Lipinski definition) is 2. The average Bonchev–Trinajstić information content (AvgIpc) is 2.97. The molecule has 1 aromatic heterocycles. The Balaban J connectivity index is 0.00000420. The summed E-state index contributed by atoms with van der Waals surface area (Å²) >= 11 is 0. The second kappa shape index (κ2) is 11.9. The summed E-state index contributed by atoms with van der Waals surface area (Å²) in [6.07, 6.45) is -3.45. The highest BCUT2D eigenvalue weighted by atomic mass is 127. The lowest BCUT2D eigenvalue weighted by Gasteiger charge is -2.13. The molecular weight excluding hydrogens is 498 g/mol. The van der Waals surface area contributed by atoms with E-state index >= 15 is 0 Å². The van der Waals surface area contributed by atoms with Crippen molar-refractivity contribution in [2.24, 2.45) is 4.99 Å². The van der Waals surface area contributed by atoms with Crippen molar-refractivity contribution in [1.82, 2.24) is 20.4 Å². The first-order valence-corrected chi connectivity index (χ1v) is 9.05. The number of nitrogens with zero attached hydrogens (tertiary/aromatic N) is 3. The van der Waals surface area contributed by atoms with Gasteiger partial charge >= 0.3 is 6.18 Å². The molecular formula is C19H27F3IN5O. The fourth-order valence-corrected chi connectivity index (χ4v) is 2.64. The molecule has 2 aromatic rings. The molecule has 0 saturated heterocycles. The first-order valence-electron chi connectivity index (χ1n) is 9.05. The number of alkyl halides is 3. The minimum Gasteiger partial charge on any atom is -0.492 e. The van der Waals surface area contributed by atoms with Crippen LogP contribution in [-0.2, 0) is 12.7 Å². The van der Waals surface area contributed by atoms with Gasteiger partial charge in [-0.2, -0.15) is 18.3 Å². The SMILES string of the molecule is CN=C(NCCCn1nc(C)cc1C)NCCOc1ccc(C(F)(F)F)cc1.I. The van der Waals surface area contributed by atoms with Crippen LogP contribution >= 0.6 is 24.0 Å². The molecule has 162 valence electrons. The van der Waals surface area contributed by atoms with Crippen LogP contribution in [-0.4, -0.2) is 42.5 Å². The highest BCUT2D eigenvalue weighted by Crippen LogP contribution is 2.30. The van der Waals surface area contributed by atoms with Crippen LogP contribution in [0.1, 0.15) is 23.4 Å². The van der Waals surface area contributed by atoms with Crippen LogP contribution in [0.25, 0.3) is 0 Å². The molecule has 0 aliphatic rings. The van der Waals surface area contributed by atoms with Gasteiger partial charge in [0.2, 0.25) is 0 Å². The first kappa shape index (κ1) is 25.1. The van der Waals surface area contributed by atoms with Crippen molar-refractivity contribution >= 4 is 29.9 Å². The number of hydrogen-bond acceptors (Lipinski definition) is 3. The smallest absolute Gasteiger partial charge is 0.416 e. The van der Waals surface area contributed by atoms with E-state index in [-0.39, 0.29) is 24.0 Å². The molecule has 0 radical (unpaired) electrons. The molecule has 2 N–H and O–H groups in total. The fraction of sp³-hybridized carbons (Fsp3) is 0.474. The zero-order chi connectivity index (χ0) is 20.6. The van der Waals surface area contributed by atoms with E-state index in [2.05, 4.69) is 20.7 Å². The van der Waals surface area contributed by atoms with Gasteiger partial charge in [0.05, 0.1) is 17.8 Å². The highest BCUT2D eigenvalue weighted by Gasteiger charge is 2.29. The highest BCUT2D eigenvalue weighted by molar-refractivity contribution is 14.0. The fourth-order valence-electron chi connectivity index (χ4n) is 2.64. The van der Waals surface area contributed by atoms with Gasteiger partial charge in [-0.05, 0) is 50.6 Å². The number of benzene rings is 1. The minimum atomic E-state index is -4.34. The van der Waals surface area contributed by atoms with Crippen molar-refractivity contribution in [2.75, 3.05) is 26.7 Å². The Morgan fingerprint density at radius 1 is 1.14 bits per heavy atom. The maximum absolute atomic E-state index is 12.5. The van der Waals surface area contributed by atoms with Gasteiger partial charge in [-0.25, -0.2) is 0 Å². The van der Waals surface area contributed by atoms with Crippen LogP contribution < -0.4 is 15.4 Å². The zero-order valence-electron chi connectivity index (χ0n) is 16.7. The van der Waals surface area contributed by atoms with Crippen molar-refractivity contribution < 1.29 is 17.9 Å². The third-order valence-corrected chi connectivity index (χ3v) is 4.01. The van der Waals surface area contributed by atoms with E-state index in [9.17, 15) is 13.2 Å². The molecule has 0 bridgehead atoms. The van der Waals surface area contributed by atoms with Crippen LogP contribution in [0.2, 0.25) is 0 Å². The number of halogens is 4. The van der Waals surface area contributed by atoms with Crippen LogP contribution in [0.5, 0.6) is 5.75 Å². The molecule has 0 fully saturated rings. The van der Waals surface area contributed by atoms with Crippen molar-refractivity contribution in [3.8, 4) is 5.75 Å². The minimum absolute atomic E-state index is 0. The molecule has 6 nitrogen and oxygen atoms in total. The summed E-state index contributed by atoms with van der Waals surface area (Å²) in [5.41, 5.74) is 1.46.